The summed E-state index contributed by atoms with van der Waals surface area (Å²) in [5.74, 6) is -4.47. The quantitative estimate of drug-likeness (QED) is 0.152. The van der Waals surface area contributed by atoms with Crippen LogP contribution in [0.15, 0.2) is 59.5 Å². The van der Waals surface area contributed by atoms with Gasteiger partial charge in [0, 0.05) is 6.20 Å². The van der Waals surface area contributed by atoms with Crippen molar-refractivity contribution < 1.29 is 54.7 Å². The van der Waals surface area contributed by atoms with Crippen molar-refractivity contribution in [1.82, 2.24) is 9.55 Å². The van der Waals surface area contributed by atoms with E-state index in [1.165, 1.54) is 62.8 Å². The van der Waals surface area contributed by atoms with Gasteiger partial charge < -0.3 is 33.8 Å². The zero-order chi connectivity index (χ0) is 31.6. The number of methoxy groups -OCH3 is 2. The van der Waals surface area contributed by atoms with Crippen LogP contribution in [0.5, 0.6) is 23.0 Å². The number of halogens is 5. The lowest BCUT2D eigenvalue weighted by atomic mass is 9.95. The maximum atomic E-state index is 15.4. The summed E-state index contributed by atoms with van der Waals surface area (Å²) < 4.78 is 105. The van der Waals surface area contributed by atoms with Crippen LogP contribution in [0.4, 0.5) is 23.4 Å². The molecule has 1 saturated heterocycles. The largest absolute Gasteiger partial charge is 0.497 e. The van der Waals surface area contributed by atoms with Gasteiger partial charge in [-0.1, -0.05) is 11.6 Å². The molecule has 0 bridgehead atoms. The molecule has 0 radical (unpaired) electrons. The van der Waals surface area contributed by atoms with E-state index in [0.29, 0.717) is 17.7 Å². The van der Waals surface area contributed by atoms with Crippen LogP contribution in [-0.2, 0) is 13.8 Å². The van der Waals surface area contributed by atoms with Crippen LogP contribution >= 0.6 is 30.1 Å². The molecule has 2 aromatic carbocycles. The standard InChI is InChI=1S/C24H23ClF4N3O9PS/c1-36-13-3-7-15(8-4-13)40-42(35,43-41-16-9-5-14(37-2)6-10-16)38-12-23(21(26)27)24(28,29)18(33)20(39-23)32-11-17(25)19(30)31-22(32)34/h3-11,18,20-21,33H,12H2,1-2H3,(H2,30,31,34)/t18-,20+,23-,42?/m0/s1. The molecule has 4 atom stereocenters. The van der Waals surface area contributed by atoms with Gasteiger partial charge in [-0.2, -0.15) is 13.8 Å². The molecule has 1 aliphatic rings. The van der Waals surface area contributed by atoms with Gasteiger partial charge in [0.15, 0.2) is 24.0 Å². The summed E-state index contributed by atoms with van der Waals surface area (Å²) in [6.07, 6.45) is -8.82. The van der Waals surface area contributed by atoms with Crippen molar-refractivity contribution in [2.45, 2.75) is 30.3 Å². The summed E-state index contributed by atoms with van der Waals surface area (Å²) in [5, 5.41) is 9.96. The van der Waals surface area contributed by atoms with Gasteiger partial charge in [-0.15, -0.1) is 0 Å². The number of anilines is 1. The molecule has 0 amide bonds. The molecule has 1 unspecified atom stereocenters. The van der Waals surface area contributed by atoms with E-state index < -0.39 is 60.2 Å². The third kappa shape index (κ3) is 6.66. The average molecular weight is 672 g/mol. The second-order valence-electron chi connectivity index (χ2n) is 8.75. The summed E-state index contributed by atoms with van der Waals surface area (Å²) in [7, 11) is 2.81. The number of aliphatic hydroxyl groups is 1. The number of rotatable bonds is 12. The number of ether oxygens (including phenoxy) is 3. The molecule has 3 N–H and O–H groups in total. The molecule has 12 nitrogen and oxygen atoms in total. The second kappa shape index (κ2) is 12.8. The highest BCUT2D eigenvalue weighted by atomic mass is 35.5. The van der Waals surface area contributed by atoms with E-state index in [4.69, 9.17) is 44.8 Å². The van der Waals surface area contributed by atoms with Gasteiger partial charge in [0.2, 0.25) is 5.60 Å². The highest BCUT2D eigenvalue weighted by Gasteiger charge is 2.74. The first-order chi connectivity index (χ1) is 20.2. The van der Waals surface area contributed by atoms with E-state index in [1.54, 1.807) is 0 Å². The third-order valence-electron chi connectivity index (χ3n) is 6.10. The van der Waals surface area contributed by atoms with E-state index in [2.05, 4.69) is 4.98 Å². The van der Waals surface area contributed by atoms with Crippen LogP contribution in [0.1, 0.15) is 6.23 Å². The van der Waals surface area contributed by atoms with Crippen LogP contribution in [0.2, 0.25) is 5.02 Å². The monoisotopic (exact) mass is 671 g/mol. The summed E-state index contributed by atoms with van der Waals surface area (Å²) in [6, 6.07) is 11.2. The number of hydrogen-bond acceptors (Lipinski definition) is 12. The Balaban J connectivity index is 1.65. The number of aliphatic hydroxyl groups excluding tert-OH is 1. The molecule has 234 valence electrons. The van der Waals surface area contributed by atoms with Crippen molar-refractivity contribution in [3.05, 3.63) is 70.2 Å². The van der Waals surface area contributed by atoms with Gasteiger partial charge in [0.1, 0.15) is 28.8 Å². The number of aromatic nitrogens is 2. The third-order valence-corrected chi connectivity index (χ3v) is 9.03. The van der Waals surface area contributed by atoms with Crippen molar-refractivity contribution in [1.29, 1.82) is 0 Å². The Morgan fingerprint density at radius 3 is 2.16 bits per heavy atom. The fraction of sp³-hybridized carbons (Fsp3) is 0.333. The molecule has 2 heterocycles. The van der Waals surface area contributed by atoms with E-state index in [-0.39, 0.29) is 27.7 Å². The van der Waals surface area contributed by atoms with E-state index in [0.717, 1.165) is 0 Å². The van der Waals surface area contributed by atoms with Crippen molar-refractivity contribution in [2.75, 3.05) is 26.6 Å². The Kier molecular flexibility index (Phi) is 9.73. The van der Waals surface area contributed by atoms with Gasteiger partial charge in [0.05, 0.1) is 25.8 Å². The normalized spacial score (nSPS) is 22.6. The lowest BCUT2D eigenvalue weighted by Gasteiger charge is -2.33. The topological polar surface area (TPSA) is 154 Å². The number of hydrogen-bond donors (Lipinski definition) is 2. The van der Waals surface area contributed by atoms with Gasteiger partial charge >= 0.3 is 18.4 Å². The summed E-state index contributed by atoms with van der Waals surface area (Å²) >= 11 is 5.83. The predicted molar refractivity (Wildman–Crippen MR) is 146 cm³/mol. The molecule has 0 saturated carbocycles. The van der Waals surface area contributed by atoms with Crippen molar-refractivity contribution in [2.24, 2.45) is 0 Å². The smallest absolute Gasteiger partial charge is 0.478 e. The SMILES string of the molecule is COc1ccc(OSP(=O)(OC[C@@]2(C(F)F)O[C@@H](n3cc(Cl)c(N)nc3=O)[C@H](O)C2(F)F)Oc2ccc(OC)cc2)cc1. The molecular formula is C24H23ClF4N3O9PS. The number of nitrogen functional groups attached to an aromatic ring is 1. The van der Waals surface area contributed by atoms with Gasteiger partial charge in [-0.3, -0.25) is 9.09 Å². The van der Waals surface area contributed by atoms with Crippen LogP contribution < -0.4 is 29.6 Å². The Morgan fingerprint density at radius 1 is 1.09 bits per heavy atom. The zero-order valence-electron chi connectivity index (χ0n) is 22.1. The van der Waals surface area contributed by atoms with Gasteiger partial charge in [-0.25, -0.2) is 18.1 Å². The zero-order valence-corrected chi connectivity index (χ0v) is 24.5. The van der Waals surface area contributed by atoms with Crippen LogP contribution in [0, 0.1) is 0 Å². The summed E-state index contributed by atoms with van der Waals surface area (Å²) in [6.45, 7) is -6.60. The molecular weight excluding hydrogens is 649 g/mol. The Labute approximate surface area is 250 Å². The van der Waals surface area contributed by atoms with E-state index in [1.807, 2.05) is 0 Å². The minimum Gasteiger partial charge on any atom is -0.497 e. The fourth-order valence-corrected chi connectivity index (χ4v) is 6.21. The maximum absolute atomic E-state index is 15.4. The number of alkyl halides is 4. The molecule has 43 heavy (non-hydrogen) atoms. The first-order valence-electron chi connectivity index (χ1n) is 11.9. The lowest BCUT2D eigenvalue weighted by molar-refractivity contribution is -0.241. The Hall–Kier alpha value is -3.21. The van der Waals surface area contributed by atoms with E-state index in [9.17, 15) is 23.2 Å². The number of nitrogens with zero attached hydrogens (tertiary/aromatic N) is 2. The second-order valence-corrected chi connectivity index (χ2v) is 12.6. The van der Waals surface area contributed by atoms with Gasteiger partial charge in [0.25, 0.3) is 6.43 Å². The molecule has 0 spiro atoms. The number of benzene rings is 2. The molecule has 19 heteroatoms. The first-order valence-corrected chi connectivity index (χ1v) is 15.2. The lowest BCUT2D eigenvalue weighted by Crippen LogP contribution is -2.57. The minimum absolute atomic E-state index is 0.0278. The van der Waals surface area contributed by atoms with E-state index >= 15 is 8.78 Å². The highest BCUT2D eigenvalue weighted by Crippen LogP contribution is 2.62. The highest BCUT2D eigenvalue weighted by molar-refractivity contribution is 8.52. The van der Waals surface area contributed by atoms with Crippen molar-refractivity contribution >= 4 is 35.9 Å². The fourth-order valence-electron chi connectivity index (χ4n) is 3.75. The predicted octanol–water partition coefficient (Wildman–Crippen LogP) is 4.96. The molecule has 1 aliphatic heterocycles. The average Bonchev–Trinajstić information content (AvgIpc) is 3.19. The molecule has 4 rings (SSSR count). The molecule has 1 aromatic heterocycles. The minimum atomic E-state index is -4.80. The first kappa shape index (κ1) is 32.7. The van der Waals surface area contributed by atoms with Crippen molar-refractivity contribution in [3.8, 4) is 23.0 Å². The summed E-state index contributed by atoms with van der Waals surface area (Å²) in [5.41, 5.74) is 0.148. The Morgan fingerprint density at radius 2 is 1.63 bits per heavy atom. The molecule has 1 fully saturated rings. The molecule has 0 aliphatic carbocycles. The Bertz CT molecular complexity index is 1540. The van der Waals surface area contributed by atoms with Gasteiger partial charge in [-0.05, 0) is 48.5 Å². The van der Waals surface area contributed by atoms with Crippen molar-refractivity contribution in [3.63, 3.8) is 0 Å². The van der Waals surface area contributed by atoms with Crippen LogP contribution in [0.25, 0.3) is 0 Å². The van der Waals surface area contributed by atoms with Crippen LogP contribution in [-0.4, -0.2) is 59.5 Å². The number of nitrogens with two attached hydrogens (primary N) is 1. The molecule has 3 aromatic rings. The maximum Gasteiger partial charge on any atom is 0.478 e. The summed E-state index contributed by atoms with van der Waals surface area (Å²) in [4.78, 5) is 15.6. The van der Waals surface area contributed by atoms with Crippen LogP contribution in [0.3, 0.4) is 0 Å².